The highest BCUT2D eigenvalue weighted by Gasteiger charge is 2.42. The maximum Gasteiger partial charge on any atom is 0.329 e. The molecule has 0 unspecified atom stereocenters. The Morgan fingerprint density at radius 3 is 1.96 bits per heavy atom. The SMILES string of the molecule is CCOC(=O)CC(=O)N(CC(C)(C)CC)[C@H](C(=O)OC)C(C)(C)C. The molecule has 6 nitrogen and oxygen atoms in total. The maximum atomic E-state index is 12.7. The molecule has 0 aliphatic carbocycles. The van der Waals surface area contributed by atoms with Crippen molar-refractivity contribution in [3.8, 4) is 0 Å². The molecule has 0 spiro atoms. The van der Waals surface area contributed by atoms with Crippen LogP contribution < -0.4 is 0 Å². The van der Waals surface area contributed by atoms with Crippen LogP contribution in [0.4, 0.5) is 0 Å². The fourth-order valence-corrected chi connectivity index (χ4v) is 2.39. The molecule has 6 heteroatoms. The van der Waals surface area contributed by atoms with Gasteiger partial charge in [-0.1, -0.05) is 41.5 Å². The lowest BCUT2D eigenvalue weighted by atomic mass is 9.82. The Morgan fingerprint density at radius 2 is 1.58 bits per heavy atom. The first-order valence-electron chi connectivity index (χ1n) is 8.42. The molecule has 0 aromatic heterocycles. The summed E-state index contributed by atoms with van der Waals surface area (Å²) in [5.41, 5.74) is -0.719. The van der Waals surface area contributed by atoms with Crippen LogP contribution in [0.15, 0.2) is 0 Å². The molecule has 0 rings (SSSR count). The first-order chi connectivity index (χ1) is 10.9. The minimum Gasteiger partial charge on any atom is -0.467 e. The zero-order chi connectivity index (χ0) is 19.1. The zero-order valence-electron chi connectivity index (χ0n) is 16.4. The van der Waals surface area contributed by atoms with E-state index < -0.39 is 29.3 Å². The molecular weight excluding hydrogens is 310 g/mol. The summed E-state index contributed by atoms with van der Waals surface area (Å²) in [6, 6.07) is -0.768. The smallest absolute Gasteiger partial charge is 0.329 e. The summed E-state index contributed by atoms with van der Waals surface area (Å²) in [7, 11) is 1.31. The largest absolute Gasteiger partial charge is 0.467 e. The standard InChI is InChI=1S/C18H33NO5/c1-9-18(6,7)12-19(13(20)11-14(21)24-10-2)15(16(22)23-8)17(3,4)5/h15H,9-12H2,1-8H3/t15-/m1/s1. The minimum absolute atomic E-state index is 0.193. The van der Waals surface area contributed by atoms with Crippen LogP contribution in [-0.4, -0.2) is 49.0 Å². The molecular formula is C18H33NO5. The number of hydrogen-bond donors (Lipinski definition) is 0. The summed E-state index contributed by atoms with van der Waals surface area (Å²) in [6.45, 7) is 14.0. The van der Waals surface area contributed by atoms with Crippen LogP contribution >= 0.6 is 0 Å². The number of carbonyl (C=O) groups excluding carboxylic acids is 3. The van der Waals surface area contributed by atoms with Gasteiger partial charge in [-0.2, -0.15) is 0 Å². The topological polar surface area (TPSA) is 72.9 Å². The second-order valence-corrected chi connectivity index (χ2v) is 7.81. The highest BCUT2D eigenvalue weighted by molar-refractivity contribution is 5.96. The molecule has 0 bridgehead atoms. The normalized spacial score (nSPS) is 13.2. The van der Waals surface area contributed by atoms with Crippen LogP contribution in [-0.2, 0) is 23.9 Å². The fourth-order valence-electron chi connectivity index (χ4n) is 2.39. The Balaban J connectivity index is 5.70. The Bertz CT molecular complexity index is 451. The Labute approximate surface area is 145 Å². The van der Waals surface area contributed by atoms with E-state index in [2.05, 4.69) is 0 Å². The summed E-state index contributed by atoms with van der Waals surface area (Å²) in [4.78, 5) is 38.3. The van der Waals surface area contributed by atoms with Gasteiger partial charge in [-0.15, -0.1) is 0 Å². The Kier molecular flexibility index (Phi) is 8.44. The first-order valence-corrected chi connectivity index (χ1v) is 8.42. The molecule has 140 valence electrons. The second kappa shape index (κ2) is 9.04. The Morgan fingerprint density at radius 1 is 1.04 bits per heavy atom. The van der Waals surface area contributed by atoms with Crippen molar-refractivity contribution >= 4 is 17.8 Å². The van der Waals surface area contributed by atoms with E-state index in [4.69, 9.17) is 9.47 Å². The van der Waals surface area contributed by atoms with Gasteiger partial charge in [0.2, 0.25) is 5.91 Å². The van der Waals surface area contributed by atoms with Gasteiger partial charge in [-0.25, -0.2) is 4.79 Å². The van der Waals surface area contributed by atoms with Crippen molar-refractivity contribution < 1.29 is 23.9 Å². The first kappa shape index (κ1) is 22.4. The van der Waals surface area contributed by atoms with Gasteiger partial charge in [0.25, 0.3) is 0 Å². The summed E-state index contributed by atoms with van der Waals surface area (Å²) >= 11 is 0. The molecule has 0 saturated carbocycles. The third-order valence-corrected chi connectivity index (χ3v) is 4.03. The van der Waals surface area contributed by atoms with Crippen molar-refractivity contribution in [3.05, 3.63) is 0 Å². The van der Waals surface area contributed by atoms with Gasteiger partial charge in [-0.3, -0.25) is 9.59 Å². The van der Waals surface area contributed by atoms with Crippen LogP contribution in [0, 0.1) is 10.8 Å². The second-order valence-electron chi connectivity index (χ2n) is 7.81. The molecule has 24 heavy (non-hydrogen) atoms. The lowest BCUT2D eigenvalue weighted by Gasteiger charge is -2.41. The van der Waals surface area contributed by atoms with Gasteiger partial charge in [0.15, 0.2) is 0 Å². The molecule has 0 aromatic rings. The molecule has 0 aliphatic rings. The van der Waals surface area contributed by atoms with E-state index in [1.165, 1.54) is 12.0 Å². The van der Waals surface area contributed by atoms with Crippen molar-refractivity contribution in [2.45, 2.75) is 67.3 Å². The molecule has 0 heterocycles. The number of hydrogen-bond acceptors (Lipinski definition) is 5. The summed E-state index contributed by atoms with van der Waals surface area (Å²) in [6.07, 6.45) is 0.450. The van der Waals surface area contributed by atoms with E-state index in [1.807, 2.05) is 41.5 Å². The van der Waals surface area contributed by atoms with Gasteiger partial charge in [0, 0.05) is 6.54 Å². The number of methoxy groups -OCH3 is 1. The average molecular weight is 343 g/mol. The molecule has 0 aliphatic heterocycles. The van der Waals surface area contributed by atoms with Gasteiger partial charge in [0.05, 0.1) is 13.7 Å². The van der Waals surface area contributed by atoms with Crippen LogP contribution in [0.5, 0.6) is 0 Å². The van der Waals surface area contributed by atoms with E-state index >= 15 is 0 Å². The summed E-state index contributed by atoms with van der Waals surface area (Å²) in [5.74, 6) is -1.48. The third-order valence-electron chi connectivity index (χ3n) is 4.03. The lowest BCUT2D eigenvalue weighted by Crippen LogP contribution is -2.55. The highest BCUT2D eigenvalue weighted by Crippen LogP contribution is 2.30. The van der Waals surface area contributed by atoms with Crippen molar-refractivity contribution in [3.63, 3.8) is 0 Å². The summed E-state index contributed by atoms with van der Waals surface area (Å²) < 4.78 is 9.79. The average Bonchev–Trinajstić information content (AvgIpc) is 2.44. The summed E-state index contributed by atoms with van der Waals surface area (Å²) in [5, 5.41) is 0. The van der Waals surface area contributed by atoms with Crippen LogP contribution in [0.25, 0.3) is 0 Å². The van der Waals surface area contributed by atoms with Crippen LogP contribution in [0.3, 0.4) is 0 Å². The van der Waals surface area contributed by atoms with Gasteiger partial charge in [0.1, 0.15) is 12.5 Å². The van der Waals surface area contributed by atoms with E-state index in [0.29, 0.717) is 6.54 Å². The molecule has 0 saturated heterocycles. The molecule has 0 N–H and O–H groups in total. The van der Waals surface area contributed by atoms with Crippen molar-refractivity contribution in [1.29, 1.82) is 0 Å². The Hall–Kier alpha value is -1.59. The third kappa shape index (κ3) is 6.89. The number of rotatable bonds is 8. The number of esters is 2. The number of nitrogens with zero attached hydrogens (tertiary/aromatic N) is 1. The predicted molar refractivity (Wildman–Crippen MR) is 92.3 cm³/mol. The van der Waals surface area contributed by atoms with Crippen molar-refractivity contribution in [2.75, 3.05) is 20.3 Å². The number of amides is 1. The number of carbonyl (C=O) groups is 3. The molecule has 1 amide bonds. The van der Waals surface area contributed by atoms with Crippen molar-refractivity contribution in [1.82, 2.24) is 4.90 Å². The van der Waals surface area contributed by atoms with Gasteiger partial charge in [-0.05, 0) is 24.2 Å². The molecule has 0 radical (unpaired) electrons. The minimum atomic E-state index is -0.768. The predicted octanol–water partition coefficient (Wildman–Crippen LogP) is 2.79. The lowest BCUT2D eigenvalue weighted by molar-refractivity contribution is -0.162. The van der Waals surface area contributed by atoms with Crippen LogP contribution in [0.1, 0.15) is 61.3 Å². The van der Waals surface area contributed by atoms with E-state index in [9.17, 15) is 14.4 Å². The highest BCUT2D eigenvalue weighted by atomic mass is 16.5. The van der Waals surface area contributed by atoms with E-state index in [0.717, 1.165) is 6.42 Å². The van der Waals surface area contributed by atoms with E-state index in [1.54, 1.807) is 6.92 Å². The zero-order valence-corrected chi connectivity index (χ0v) is 16.4. The van der Waals surface area contributed by atoms with Crippen LogP contribution in [0.2, 0.25) is 0 Å². The monoisotopic (exact) mass is 343 g/mol. The van der Waals surface area contributed by atoms with Crippen molar-refractivity contribution in [2.24, 2.45) is 10.8 Å². The van der Waals surface area contributed by atoms with Gasteiger partial charge >= 0.3 is 11.9 Å². The maximum absolute atomic E-state index is 12.7. The molecule has 0 fully saturated rings. The fraction of sp³-hybridized carbons (Fsp3) is 0.833. The van der Waals surface area contributed by atoms with Gasteiger partial charge < -0.3 is 14.4 Å². The quantitative estimate of drug-likeness (QED) is 0.500. The van der Waals surface area contributed by atoms with E-state index in [-0.39, 0.29) is 18.4 Å². The number of ether oxygens (including phenoxy) is 2. The molecule has 1 atom stereocenters. The molecule has 0 aromatic carbocycles.